The van der Waals surface area contributed by atoms with Crippen LogP contribution in [0.15, 0.2) is 42.5 Å². The van der Waals surface area contributed by atoms with E-state index in [4.69, 9.17) is 9.47 Å². The monoisotopic (exact) mass is 703 g/mol. The first-order valence-corrected chi connectivity index (χ1v) is 20.5. The number of likely N-dealkylation sites (N-methyl/N-ethyl adjacent to an activating group) is 1. The number of benzene rings is 1. The van der Waals surface area contributed by atoms with Gasteiger partial charge in [0, 0.05) is 36.9 Å². The number of carbonyl (C=O) groups excluding carboxylic acids is 2. The number of nitrogens with one attached hydrogen (secondary N) is 1. The molecule has 4 unspecified atom stereocenters. The summed E-state index contributed by atoms with van der Waals surface area (Å²) in [4.78, 5) is 27.9. The molecule has 6 rings (SSSR count). The largest absolute Gasteiger partial charge is 0.464 e. The first kappa shape index (κ1) is 38.5. The molecule has 1 aromatic rings. The second-order valence-corrected chi connectivity index (χ2v) is 19.3. The average molecular weight is 703 g/mol. The number of hydrogen-bond acceptors (Lipinski definition) is 6. The zero-order valence-corrected chi connectivity index (χ0v) is 33.5. The number of rotatable bonds is 12. The van der Waals surface area contributed by atoms with Crippen LogP contribution in [-0.2, 0) is 25.6 Å². The van der Waals surface area contributed by atoms with Gasteiger partial charge in [-0.05, 0) is 130 Å². The number of fused-ring (bicyclic) bond motifs is 7. The molecule has 5 fully saturated rings. The van der Waals surface area contributed by atoms with Crippen LogP contribution in [0.1, 0.15) is 125 Å². The summed E-state index contributed by atoms with van der Waals surface area (Å²) in [6.45, 7) is 24.8. The van der Waals surface area contributed by atoms with Crippen molar-refractivity contribution in [2.75, 3.05) is 33.3 Å². The predicted octanol–water partition coefficient (Wildman–Crippen LogP) is 9.23. The van der Waals surface area contributed by atoms with Crippen LogP contribution in [0.4, 0.5) is 0 Å². The smallest absolute Gasteiger partial charge is 0.319 e. The number of carbonyl (C=O) groups is 2. The number of allylic oxidation sites excluding steroid dienone is 1. The van der Waals surface area contributed by atoms with E-state index in [-0.39, 0.29) is 51.7 Å². The Bertz CT molecular complexity index is 1430. The van der Waals surface area contributed by atoms with Crippen molar-refractivity contribution in [2.45, 2.75) is 132 Å². The van der Waals surface area contributed by atoms with Crippen molar-refractivity contribution < 1.29 is 19.1 Å². The summed E-state index contributed by atoms with van der Waals surface area (Å²) in [7, 11) is 2.12. The molecule has 0 saturated heterocycles. The van der Waals surface area contributed by atoms with Gasteiger partial charge in [-0.3, -0.25) is 9.59 Å². The second-order valence-electron chi connectivity index (χ2n) is 19.3. The fourth-order valence-electron chi connectivity index (χ4n) is 13.7. The van der Waals surface area contributed by atoms with Gasteiger partial charge >= 0.3 is 11.9 Å². The highest BCUT2D eigenvalue weighted by Gasteiger charge is 2.71. The van der Waals surface area contributed by atoms with Crippen LogP contribution >= 0.6 is 0 Å². The highest BCUT2D eigenvalue weighted by Crippen LogP contribution is 2.77. The second kappa shape index (κ2) is 14.6. The number of ether oxygens (including phenoxy) is 2. The third-order valence-corrected chi connectivity index (χ3v) is 16.5. The van der Waals surface area contributed by atoms with Crippen molar-refractivity contribution in [1.29, 1.82) is 0 Å². The minimum atomic E-state index is -0.120. The molecule has 0 heterocycles. The fraction of sp³-hybridized carbons (Fsp3) is 0.778. The molecule has 5 saturated carbocycles. The standard InChI is InChI=1S/C45H70N2O4/c1-10-38(48)51-37-20-21-42(6)35(41(37,4)5)19-22-44(8)36(42)17-16-34-40-33(31(2)3)18-23-45(40,25-24-43(34,44)7)30-50-39(49)28-46-26-27-47(9)29-32-14-12-11-13-15-32/h11-15,33-37,40,46H,2,10,16-30H2,1,3-9H3/t33-,34?,35?,36?,37-,40?,42-,43+,44+,45+/m0/s1. The van der Waals surface area contributed by atoms with Crippen LogP contribution in [0.5, 0.6) is 0 Å². The minimum Gasteiger partial charge on any atom is -0.464 e. The van der Waals surface area contributed by atoms with E-state index < -0.39 is 0 Å². The van der Waals surface area contributed by atoms with Gasteiger partial charge < -0.3 is 19.7 Å². The molecular formula is C45H70N2O4. The molecule has 5 aliphatic carbocycles. The van der Waals surface area contributed by atoms with E-state index in [1.807, 2.05) is 13.0 Å². The van der Waals surface area contributed by atoms with Gasteiger partial charge in [0.1, 0.15) is 6.10 Å². The molecule has 51 heavy (non-hydrogen) atoms. The molecule has 0 aromatic heterocycles. The summed E-state index contributed by atoms with van der Waals surface area (Å²) >= 11 is 0. The van der Waals surface area contributed by atoms with Crippen LogP contribution in [0.2, 0.25) is 0 Å². The van der Waals surface area contributed by atoms with Crippen molar-refractivity contribution in [3.05, 3.63) is 48.0 Å². The zero-order chi connectivity index (χ0) is 36.8. The third-order valence-electron chi connectivity index (χ3n) is 16.5. The van der Waals surface area contributed by atoms with Gasteiger partial charge in [0.2, 0.25) is 0 Å². The van der Waals surface area contributed by atoms with Crippen LogP contribution in [-0.4, -0.2) is 56.2 Å². The SMILES string of the molecule is C=C(C)[C@@H]1CC[C@]2(COC(=O)CNCCN(C)Cc3ccccc3)CC[C@]3(C)C(CCC4[C@@]5(C)CC[C@H](OC(=O)CC)C(C)(C)C5CC[C@]43C)C12. The fourth-order valence-corrected chi connectivity index (χ4v) is 13.7. The van der Waals surface area contributed by atoms with Gasteiger partial charge in [-0.2, -0.15) is 0 Å². The molecule has 0 amide bonds. The van der Waals surface area contributed by atoms with Crippen molar-refractivity contribution in [2.24, 2.45) is 56.7 Å². The lowest BCUT2D eigenvalue weighted by molar-refractivity contribution is -0.252. The van der Waals surface area contributed by atoms with Crippen LogP contribution < -0.4 is 5.32 Å². The molecular weight excluding hydrogens is 633 g/mol. The lowest BCUT2D eigenvalue weighted by Crippen LogP contribution is -2.67. The zero-order valence-electron chi connectivity index (χ0n) is 33.5. The summed E-state index contributed by atoms with van der Waals surface area (Å²) in [5.41, 5.74) is 3.39. The normalized spacial score (nSPS) is 39.6. The van der Waals surface area contributed by atoms with Crippen LogP contribution in [0.25, 0.3) is 0 Å². The van der Waals surface area contributed by atoms with E-state index in [9.17, 15) is 9.59 Å². The van der Waals surface area contributed by atoms with Gasteiger partial charge in [0.25, 0.3) is 0 Å². The number of nitrogens with zero attached hydrogens (tertiary/aromatic N) is 1. The summed E-state index contributed by atoms with van der Waals surface area (Å²) in [5.74, 6) is 2.69. The Hall–Kier alpha value is -2.18. The van der Waals surface area contributed by atoms with Gasteiger partial charge in [0.15, 0.2) is 0 Å². The van der Waals surface area contributed by atoms with Gasteiger partial charge in [-0.25, -0.2) is 0 Å². The molecule has 0 bridgehead atoms. The van der Waals surface area contributed by atoms with E-state index in [1.54, 1.807) is 0 Å². The summed E-state index contributed by atoms with van der Waals surface area (Å²) in [5, 5.41) is 3.35. The van der Waals surface area contributed by atoms with Gasteiger partial charge in [-0.15, -0.1) is 0 Å². The van der Waals surface area contributed by atoms with Crippen LogP contribution in [0, 0.1) is 56.7 Å². The highest BCUT2D eigenvalue weighted by atomic mass is 16.5. The Morgan fingerprint density at radius 1 is 0.882 bits per heavy atom. The Morgan fingerprint density at radius 3 is 2.33 bits per heavy atom. The van der Waals surface area contributed by atoms with E-state index in [1.165, 1.54) is 49.7 Å². The molecule has 0 spiro atoms. The van der Waals surface area contributed by atoms with Crippen molar-refractivity contribution in [1.82, 2.24) is 10.2 Å². The van der Waals surface area contributed by atoms with Crippen molar-refractivity contribution >= 4 is 11.9 Å². The summed E-state index contributed by atoms with van der Waals surface area (Å²) < 4.78 is 12.4. The predicted molar refractivity (Wildman–Crippen MR) is 206 cm³/mol. The lowest BCUT2D eigenvalue weighted by atomic mass is 9.32. The van der Waals surface area contributed by atoms with Gasteiger partial charge in [-0.1, -0.05) is 84.0 Å². The Labute approximate surface area is 310 Å². The molecule has 1 N–H and O–H groups in total. The first-order chi connectivity index (χ1) is 24.1. The van der Waals surface area contributed by atoms with Crippen molar-refractivity contribution in [3.63, 3.8) is 0 Å². The Kier molecular flexibility index (Phi) is 11.0. The van der Waals surface area contributed by atoms with E-state index in [0.717, 1.165) is 45.3 Å². The van der Waals surface area contributed by atoms with Crippen LogP contribution in [0.3, 0.4) is 0 Å². The maximum absolute atomic E-state index is 13.2. The Morgan fingerprint density at radius 2 is 1.63 bits per heavy atom. The summed E-state index contributed by atoms with van der Waals surface area (Å²) in [6, 6.07) is 10.5. The number of esters is 2. The highest BCUT2D eigenvalue weighted by molar-refractivity contribution is 5.71. The molecule has 5 aliphatic rings. The molecule has 284 valence electrons. The minimum absolute atomic E-state index is 0.0169. The lowest BCUT2D eigenvalue weighted by Gasteiger charge is -2.73. The topological polar surface area (TPSA) is 67.9 Å². The maximum Gasteiger partial charge on any atom is 0.319 e. The first-order valence-electron chi connectivity index (χ1n) is 20.5. The Balaban J connectivity index is 1.13. The number of hydrogen-bond donors (Lipinski definition) is 1. The molecule has 0 radical (unpaired) electrons. The quantitative estimate of drug-likeness (QED) is 0.133. The van der Waals surface area contributed by atoms with Crippen molar-refractivity contribution in [3.8, 4) is 0 Å². The molecule has 10 atom stereocenters. The molecule has 1 aromatic carbocycles. The summed E-state index contributed by atoms with van der Waals surface area (Å²) in [6.07, 6.45) is 12.3. The van der Waals surface area contributed by atoms with E-state index in [2.05, 4.69) is 89.7 Å². The molecule has 6 nitrogen and oxygen atoms in total. The maximum atomic E-state index is 13.2. The molecule has 6 heteroatoms. The van der Waals surface area contributed by atoms with Gasteiger partial charge in [0.05, 0.1) is 13.2 Å². The van der Waals surface area contributed by atoms with E-state index in [0.29, 0.717) is 42.6 Å². The third kappa shape index (κ3) is 6.77. The average Bonchev–Trinajstić information content (AvgIpc) is 3.48. The van der Waals surface area contributed by atoms with E-state index >= 15 is 0 Å². The molecule has 0 aliphatic heterocycles.